The minimum Gasteiger partial charge on any atom is -0.497 e. The second-order valence-corrected chi connectivity index (χ2v) is 5.05. The van der Waals surface area contributed by atoms with Crippen LogP contribution in [0, 0.1) is 0 Å². The molecule has 3 heteroatoms. The molecule has 0 amide bonds. The van der Waals surface area contributed by atoms with Crippen LogP contribution in [0.25, 0.3) is 0 Å². The van der Waals surface area contributed by atoms with Crippen molar-refractivity contribution in [2.24, 2.45) is 0 Å². The molecular weight excluding hydrogens is 252 g/mol. The Morgan fingerprint density at radius 1 is 1.40 bits per heavy atom. The van der Waals surface area contributed by atoms with Gasteiger partial charge in [0.05, 0.1) is 13.7 Å². The first kappa shape index (κ1) is 14.6. The third-order valence-electron chi connectivity index (χ3n) is 3.74. The maximum Gasteiger partial charge on any atom is 0.330 e. The van der Waals surface area contributed by atoms with Gasteiger partial charge in [-0.2, -0.15) is 0 Å². The number of hydrogen-bond donors (Lipinski definition) is 0. The number of rotatable bonds is 4. The van der Waals surface area contributed by atoms with Crippen molar-refractivity contribution in [2.75, 3.05) is 13.7 Å². The molecule has 0 bridgehead atoms. The zero-order valence-electron chi connectivity index (χ0n) is 12.2. The molecule has 1 atom stereocenters. The van der Waals surface area contributed by atoms with Gasteiger partial charge in [-0.05, 0) is 43.9 Å². The Kier molecular flexibility index (Phi) is 5.22. The minimum absolute atomic E-state index is 0.225. The number of methoxy groups -OCH3 is 1. The van der Waals surface area contributed by atoms with Gasteiger partial charge in [0.2, 0.25) is 0 Å². The molecule has 0 radical (unpaired) electrons. The van der Waals surface area contributed by atoms with Crippen LogP contribution in [0.2, 0.25) is 0 Å². The van der Waals surface area contributed by atoms with Crippen LogP contribution in [-0.2, 0) is 9.53 Å². The summed E-state index contributed by atoms with van der Waals surface area (Å²) in [7, 11) is 1.68. The number of hydrogen-bond acceptors (Lipinski definition) is 3. The Morgan fingerprint density at radius 3 is 3.00 bits per heavy atom. The summed E-state index contributed by atoms with van der Waals surface area (Å²) >= 11 is 0. The molecule has 0 N–H and O–H groups in total. The number of allylic oxidation sites excluding steroid dienone is 1. The average Bonchev–Trinajstić information content (AvgIpc) is 2.48. The lowest BCUT2D eigenvalue weighted by atomic mass is 9.79. The molecule has 20 heavy (non-hydrogen) atoms. The highest BCUT2D eigenvalue weighted by Gasteiger charge is 2.22. The Balaban J connectivity index is 2.23. The van der Waals surface area contributed by atoms with Crippen LogP contribution in [0.15, 0.2) is 35.9 Å². The number of esters is 1. The Bertz CT molecular complexity index is 491. The van der Waals surface area contributed by atoms with E-state index in [4.69, 9.17) is 9.47 Å². The maximum absolute atomic E-state index is 11.7. The molecular formula is C17H22O3. The fraction of sp³-hybridized carbons (Fsp3) is 0.471. The van der Waals surface area contributed by atoms with Gasteiger partial charge in [-0.25, -0.2) is 4.79 Å². The lowest BCUT2D eigenvalue weighted by molar-refractivity contribution is -0.137. The van der Waals surface area contributed by atoms with Crippen molar-refractivity contribution in [3.63, 3.8) is 0 Å². The maximum atomic E-state index is 11.7. The zero-order valence-corrected chi connectivity index (χ0v) is 12.2. The van der Waals surface area contributed by atoms with Crippen LogP contribution in [0.3, 0.4) is 0 Å². The first-order chi connectivity index (χ1) is 9.74. The second kappa shape index (κ2) is 7.13. The summed E-state index contributed by atoms with van der Waals surface area (Å²) in [6, 6.07) is 8.12. The molecule has 1 saturated carbocycles. The van der Waals surface area contributed by atoms with E-state index in [9.17, 15) is 4.79 Å². The summed E-state index contributed by atoms with van der Waals surface area (Å²) < 4.78 is 10.3. The average molecular weight is 274 g/mol. The van der Waals surface area contributed by atoms with Gasteiger partial charge in [0, 0.05) is 12.0 Å². The van der Waals surface area contributed by atoms with E-state index in [0.29, 0.717) is 12.5 Å². The molecule has 0 saturated heterocycles. The molecule has 1 fully saturated rings. The van der Waals surface area contributed by atoms with Gasteiger partial charge in [-0.15, -0.1) is 0 Å². The molecule has 1 unspecified atom stereocenters. The van der Waals surface area contributed by atoms with E-state index in [2.05, 4.69) is 12.1 Å². The molecule has 0 aliphatic heterocycles. The highest BCUT2D eigenvalue weighted by molar-refractivity contribution is 5.83. The van der Waals surface area contributed by atoms with Crippen molar-refractivity contribution in [2.45, 2.75) is 38.5 Å². The van der Waals surface area contributed by atoms with Crippen LogP contribution in [0.1, 0.15) is 44.1 Å². The fourth-order valence-electron chi connectivity index (χ4n) is 2.78. The lowest BCUT2D eigenvalue weighted by Gasteiger charge is -2.26. The van der Waals surface area contributed by atoms with Crippen molar-refractivity contribution in [3.8, 4) is 5.75 Å². The lowest BCUT2D eigenvalue weighted by Crippen LogP contribution is -2.11. The third-order valence-corrected chi connectivity index (χ3v) is 3.74. The molecule has 1 aromatic carbocycles. The Labute approximate surface area is 120 Å². The van der Waals surface area contributed by atoms with Gasteiger partial charge in [0.15, 0.2) is 0 Å². The molecule has 3 nitrogen and oxygen atoms in total. The predicted molar refractivity (Wildman–Crippen MR) is 78.9 cm³/mol. The number of ether oxygens (including phenoxy) is 2. The van der Waals surface area contributed by atoms with E-state index < -0.39 is 0 Å². The topological polar surface area (TPSA) is 35.5 Å². The van der Waals surface area contributed by atoms with Crippen LogP contribution in [-0.4, -0.2) is 19.7 Å². The summed E-state index contributed by atoms with van der Waals surface area (Å²) in [5, 5.41) is 0. The largest absolute Gasteiger partial charge is 0.497 e. The van der Waals surface area contributed by atoms with Crippen molar-refractivity contribution in [1.82, 2.24) is 0 Å². The zero-order chi connectivity index (χ0) is 14.4. The molecule has 0 heterocycles. The highest BCUT2D eigenvalue weighted by atomic mass is 16.5. The summed E-state index contributed by atoms with van der Waals surface area (Å²) in [6.07, 6.45) is 6.08. The minimum atomic E-state index is -0.225. The fourth-order valence-corrected chi connectivity index (χ4v) is 2.78. The standard InChI is InChI=1S/C17H22O3/c1-3-20-17(18)12-14-7-4-5-10-16(14)13-8-6-9-15(11-13)19-2/h6,8-9,11-12,16H,3-5,7,10H2,1-2H3/b14-12+. The Hall–Kier alpha value is -1.77. The van der Waals surface area contributed by atoms with E-state index in [-0.39, 0.29) is 5.97 Å². The molecule has 108 valence electrons. The first-order valence-electron chi connectivity index (χ1n) is 7.25. The van der Waals surface area contributed by atoms with Crippen molar-refractivity contribution >= 4 is 5.97 Å². The quantitative estimate of drug-likeness (QED) is 0.618. The molecule has 1 aromatic rings. The van der Waals surface area contributed by atoms with Crippen LogP contribution in [0.5, 0.6) is 5.75 Å². The van der Waals surface area contributed by atoms with E-state index in [1.165, 1.54) is 17.6 Å². The monoisotopic (exact) mass is 274 g/mol. The van der Waals surface area contributed by atoms with Crippen molar-refractivity contribution < 1.29 is 14.3 Å². The number of carbonyl (C=O) groups is 1. The van der Waals surface area contributed by atoms with E-state index in [1.54, 1.807) is 13.2 Å². The number of benzene rings is 1. The molecule has 1 aliphatic rings. The van der Waals surface area contributed by atoms with Crippen molar-refractivity contribution in [3.05, 3.63) is 41.5 Å². The summed E-state index contributed by atoms with van der Waals surface area (Å²) in [5.41, 5.74) is 2.41. The van der Waals surface area contributed by atoms with Gasteiger partial charge in [0.1, 0.15) is 5.75 Å². The van der Waals surface area contributed by atoms with Gasteiger partial charge in [0.25, 0.3) is 0 Å². The number of carbonyl (C=O) groups excluding carboxylic acids is 1. The van der Waals surface area contributed by atoms with Gasteiger partial charge in [-0.3, -0.25) is 0 Å². The molecule has 1 aliphatic carbocycles. The van der Waals surface area contributed by atoms with Gasteiger partial charge in [-0.1, -0.05) is 24.1 Å². The second-order valence-electron chi connectivity index (χ2n) is 5.05. The van der Waals surface area contributed by atoms with Gasteiger partial charge < -0.3 is 9.47 Å². The molecule has 0 aromatic heterocycles. The van der Waals surface area contributed by atoms with Crippen molar-refractivity contribution in [1.29, 1.82) is 0 Å². The van der Waals surface area contributed by atoms with Gasteiger partial charge >= 0.3 is 5.97 Å². The molecule has 2 rings (SSSR count). The SMILES string of the molecule is CCOC(=O)/C=C1\CCCCC1c1cccc(OC)c1. The summed E-state index contributed by atoms with van der Waals surface area (Å²) in [6.45, 7) is 2.25. The normalized spacial score (nSPS) is 20.7. The first-order valence-corrected chi connectivity index (χ1v) is 7.25. The third kappa shape index (κ3) is 3.62. The van der Waals surface area contributed by atoms with E-state index in [0.717, 1.165) is 25.0 Å². The smallest absolute Gasteiger partial charge is 0.330 e. The van der Waals surface area contributed by atoms with Crippen LogP contribution < -0.4 is 4.74 Å². The summed E-state index contributed by atoms with van der Waals surface area (Å²) in [5.74, 6) is 0.948. The van der Waals surface area contributed by atoms with E-state index >= 15 is 0 Å². The molecule has 0 spiro atoms. The van der Waals surface area contributed by atoms with Crippen LogP contribution in [0.4, 0.5) is 0 Å². The van der Waals surface area contributed by atoms with E-state index in [1.807, 2.05) is 19.1 Å². The summed E-state index contributed by atoms with van der Waals surface area (Å²) in [4.78, 5) is 11.7. The Morgan fingerprint density at radius 2 is 2.25 bits per heavy atom. The highest BCUT2D eigenvalue weighted by Crippen LogP contribution is 2.38. The van der Waals surface area contributed by atoms with Crippen LogP contribution >= 0.6 is 0 Å². The predicted octanol–water partition coefficient (Wildman–Crippen LogP) is 3.84.